The molecule has 0 aliphatic rings. The number of hydrogen-bond acceptors (Lipinski definition) is 4. The highest BCUT2D eigenvalue weighted by molar-refractivity contribution is 7.73. The Hall–Kier alpha value is -2.91. The summed E-state index contributed by atoms with van der Waals surface area (Å²) < 4.78 is 30.6. The minimum atomic E-state index is -2.76. The van der Waals surface area contributed by atoms with Crippen LogP contribution in [0.2, 0.25) is 0 Å². The molecule has 0 spiro atoms. The first kappa shape index (κ1) is 21.3. The van der Waals surface area contributed by atoms with Gasteiger partial charge in [-0.3, -0.25) is 9.36 Å². The summed E-state index contributed by atoms with van der Waals surface area (Å²) in [4.78, 5) is 17.1. The number of carbonyl (C=O) groups excluding carboxylic acids is 1. The molecule has 4 aromatic rings. The molecule has 2 aromatic heterocycles. The van der Waals surface area contributed by atoms with Crippen molar-refractivity contribution in [2.45, 2.75) is 33.0 Å². The van der Waals surface area contributed by atoms with Crippen LogP contribution in [0.3, 0.4) is 0 Å². The standard InChI is InChI=1S/C22H20F2N4OS2/c1-13-7-9-15(10-8-13)18-12-31-22(30)27(18)11-19(29)25-14(2)20-26-16-5-3-4-6-17(16)28(20)21(23)24/h3-10,12,14,21H,11H2,1-2H3,(H,25,29). The second-order valence-electron chi connectivity index (χ2n) is 7.23. The first-order valence-corrected chi connectivity index (χ1v) is 10.9. The molecule has 2 heterocycles. The molecule has 0 radical (unpaired) electrons. The summed E-state index contributed by atoms with van der Waals surface area (Å²) in [5.74, 6) is -0.222. The number of carbonyl (C=O) groups is 1. The number of aromatic nitrogens is 3. The molecule has 160 valence electrons. The van der Waals surface area contributed by atoms with E-state index >= 15 is 0 Å². The van der Waals surface area contributed by atoms with Crippen LogP contribution in [0.4, 0.5) is 8.78 Å². The predicted octanol–water partition coefficient (Wildman–Crippen LogP) is 5.88. The lowest BCUT2D eigenvalue weighted by Crippen LogP contribution is -2.32. The van der Waals surface area contributed by atoms with E-state index in [0.29, 0.717) is 15.0 Å². The van der Waals surface area contributed by atoms with Gasteiger partial charge in [0.1, 0.15) is 12.4 Å². The number of hydrogen-bond donors (Lipinski definition) is 1. The van der Waals surface area contributed by atoms with Crippen LogP contribution in [0.15, 0.2) is 53.9 Å². The number of aryl methyl sites for hydroxylation is 1. The summed E-state index contributed by atoms with van der Waals surface area (Å²) in [5, 5.41) is 4.70. The maximum atomic E-state index is 13.7. The third-order valence-corrected chi connectivity index (χ3v) is 6.29. The van der Waals surface area contributed by atoms with Gasteiger partial charge in [0.15, 0.2) is 3.95 Å². The molecule has 0 bridgehead atoms. The van der Waals surface area contributed by atoms with Crippen LogP contribution in [0.5, 0.6) is 0 Å². The monoisotopic (exact) mass is 458 g/mol. The number of benzene rings is 2. The van der Waals surface area contributed by atoms with E-state index in [1.807, 2.05) is 36.6 Å². The number of alkyl halides is 2. The highest BCUT2D eigenvalue weighted by atomic mass is 32.1. The first-order chi connectivity index (χ1) is 14.8. The van der Waals surface area contributed by atoms with Crippen molar-refractivity contribution in [1.82, 2.24) is 19.4 Å². The summed E-state index contributed by atoms with van der Waals surface area (Å²) in [6, 6.07) is 13.9. The number of halogens is 2. The largest absolute Gasteiger partial charge is 0.345 e. The van der Waals surface area contributed by atoms with E-state index in [2.05, 4.69) is 10.3 Å². The van der Waals surface area contributed by atoms with Crippen molar-refractivity contribution in [1.29, 1.82) is 0 Å². The summed E-state index contributed by atoms with van der Waals surface area (Å²) in [5.41, 5.74) is 3.73. The van der Waals surface area contributed by atoms with E-state index in [4.69, 9.17) is 12.2 Å². The Balaban J connectivity index is 1.57. The van der Waals surface area contributed by atoms with Crippen molar-refractivity contribution >= 4 is 40.5 Å². The second kappa shape index (κ2) is 8.68. The fourth-order valence-corrected chi connectivity index (χ4v) is 4.57. The molecule has 1 unspecified atom stereocenters. The van der Waals surface area contributed by atoms with Crippen molar-refractivity contribution in [3.63, 3.8) is 0 Å². The van der Waals surface area contributed by atoms with E-state index in [0.717, 1.165) is 21.4 Å². The van der Waals surface area contributed by atoms with E-state index in [1.165, 1.54) is 11.3 Å². The van der Waals surface area contributed by atoms with Gasteiger partial charge in [-0.25, -0.2) is 4.98 Å². The van der Waals surface area contributed by atoms with Crippen molar-refractivity contribution in [2.24, 2.45) is 0 Å². The van der Waals surface area contributed by atoms with Crippen LogP contribution >= 0.6 is 23.6 Å². The van der Waals surface area contributed by atoms with Crippen molar-refractivity contribution in [2.75, 3.05) is 0 Å². The molecule has 1 atom stereocenters. The van der Waals surface area contributed by atoms with Gasteiger partial charge in [-0.05, 0) is 43.8 Å². The number of nitrogens with one attached hydrogen (secondary N) is 1. The van der Waals surface area contributed by atoms with Gasteiger partial charge >= 0.3 is 6.55 Å². The smallest absolute Gasteiger partial charge is 0.320 e. The summed E-state index contributed by atoms with van der Waals surface area (Å²) in [6.45, 7) is 0.877. The quantitative estimate of drug-likeness (QED) is 0.367. The molecular formula is C22H20F2N4OS2. The van der Waals surface area contributed by atoms with Gasteiger partial charge in [-0.1, -0.05) is 42.0 Å². The average Bonchev–Trinajstić information content (AvgIpc) is 3.30. The topological polar surface area (TPSA) is 51.9 Å². The minimum Gasteiger partial charge on any atom is -0.345 e. The molecular weight excluding hydrogens is 438 g/mol. The molecule has 0 saturated heterocycles. The number of thiazole rings is 1. The molecule has 1 amide bonds. The molecule has 0 aliphatic carbocycles. The lowest BCUT2D eigenvalue weighted by Gasteiger charge is -2.17. The Morgan fingerprint density at radius 1 is 1.19 bits per heavy atom. The first-order valence-electron chi connectivity index (χ1n) is 9.65. The zero-order valence-electron chi connectivity index (χ0n) is 16.9. The Labute approximate surface area is 187 Å². The third kappa shape index (κ3) is 4.28. The Morgan fingerprint density at radius 2 is 1.90 bits per heavy atom. The fraction of sp³-hybridized carbons (Fsp3) is 0.227. The Kier molecular flexibility index (Phi) is 5.97. The van der Waals surface area contributed by atoms with Gasteiger partial charge in [0.2, 0.25) is 5.91 Å². The Morgan fingerprint density at radius 3 is 2.61 bits per heavy atom. The predicted molar refractivity (Wildman–Crippen MR) is 121 cm³/mol. The molecule has 9 heteroatoms. The summed E-state index contributed by atoms with van der Waals surface area (Å²) in [6.07, 6.45) is 0. The Bertz CT molecular complexity index is 1290. The van der Waals surface area contributed by atoms with Crippen molar-refractivity contribution in [3.8, 4) is 11.3 Å². The number of para-hydroxylation sites is 2. The lowest BCUT2D eigenvalue weighted by molar-refractivity contribution is -0.122. The maximum Gasteiger partial charge on any atom is 0.320 e. The minimum absolute atomic E-state index is 0.00914. The van der Waals surface area contributed by atoms with Crippen LogP contribution in [0.25, 0.3) is 22.3 Å². The van der Waals surface area contributed by atoms with E-state index < -0.39 is 12.6 Å². The molecule has 4 rings (SSSR count). The second-order valence-corrected chi connectivity index (χ2v) is 8.74. The lowest BCUT2D eigenvalue weighted by atomic mass is 10.1. The SMILES string of the molecule is Cc1ccc(-c2csc(=S)n2CC(=O)NC(C)c2nc3ccccc3n2C(F)F)cc1. The van der Waals surface area contributed by atoms with Gasteiger partial charge in [0.25, 0.3) is 0 Å². The molecule has 1 N–H and O–H groups in total. The summed E-state index contributed by atoms with van der Waals surface area (Å²) >= 11 is 6.79. The maximum absolute atomic E-state index is 13.7. The number of imidazole rings is 1. The molecule has 31 heavy (non-hydrogen) atoms. The van der Waals surface area contributed by atoms with Crippen LogP contribution in [0.1, 0.15) is 30.9 Å². The highest BCUT2D eigenvalue weighted by Gasteiger charge is 2.23. The zero-order chi connectivity index (χ0) is 22.1. The van der Waals surface area contributed by atoms with E-state index in [1.54, 1.807) is 35.8 Å². The van der Waals surface area contributed by atoms with E-state index in [-0.39, 0.29) is 18.3 Å². The van der Waals surface area contributed by atoms with Crippen LogP contribution in [-0.4, -0.2) is 20.0 Å². The number of rotatable bonds is 6. The molecule has 0 saturated carbocycles. The van der Waals surface area contributed by atoms with Crippen LogP contribution in [0, 0.1) is 10.9 Å². The van der Waals surface area contributed by atoms with E-state index in [9.17, 15) is 13.6 Å². The third-order valence-electron chi connectivity index (χ3n) is 5.01. The number of amides is 1. The molecule has 0 aliphatic heterocycles. The highest BCUT2D eigenvalue weighted by Crippen LogP contribution is 2.27. The molecule has 0 fully saturated rings. The van der Waals surface area contributed by atoms with Gasteiger partial charge < -0.3 is 9.88 Å². The number of nitrogens with zero attached hydrogens (tertiary/aromatic N) is 3. The average molecular weight is 459 g/mol. The molecule has 5 nitrogen and oxygen atoms in total. The molecule has 2 aromatic carbocycles. The zero-order valence-corrected chi connectivity index (χ0v) is 18.5. The van der Waals surface area contributed by atoms with Gasteiger partial charge in [-0.2, -0.15) is 8.78 Å². The van der Waals surface area contributed by atoms with Crippen LogP contribution < -0.4 is 5.32 Å². The van der Waals surface area contributed by atoms with Crippen molar-refractivity contribution < 1.29 is 13.6 Å². The van der Waals surface area contributed by atoms with Gasteiger partial charge in [0.05, 0.1) is 22.8 Å². The fourth-order valence-electron chi connectivity index (χ4n) is 3.50. The van der Waals surface area contributed by atoms with Gasteiger partial charge in [0, 0.05) is 5.38 Å². The van der Waals surface area contributed by atoms with Crippen molar-refractivity contribution in [3.05, 3.63) is 69.3 Å². The van der Waals surface area contributed by atoms with Crippen LogP contribution in [-0.2, 0) is 11.3 Å². The summed E-state index contributed by atoms with van der Waals surface area (Å²) in [7, 11) is 0. The normalized spacial score (nSPS) is 12.4. The van der Waals surface area contributed by atoms with Gasteiger partial charge in [-0.15, -0.1) is 11.3 Å². The number of fused-ring (bicyclic) bond motifs is 1.